The van der Waals surface area contributed by atoms with E-state index in [9.17, 15) is 4.79 Å². The number of aliphatic carboxylic acids is 1. The zero-order valence-electron chi connectivity index (χ0n) is 6.26. The van der Waals surface area contributed by atoms with Gasteiger partial charge in [0.25, 0.3) is 0 Å². The van der Waals surface area contributed by atoms with Crippen molar-refractivity contribution >= 4 is 5.97 Å². The Hall–Kier alpha value is -0.610. The molecule has 0 aliphatic rings. The molecule has 0 aromatic heterocycles. The smallest absolute Gasteiger partial charge is 0.317 e. The molecule has 0 fully saturated rings. The van der Waals surface area contributed by atoms with Crippen LogP contribution in [0.25, 0.3) is 0 Å². The SMILES string of the molecule is CCC(NCC(=O)O)OC. The molecule has 0 bridgehead atoms. The van der Waals surface area contributed by atoms with E-state index in [4.69, 9.17) is 9.84 Å². The van der Waals surface area contributed by atoms with E-state index in [1.54, 1.807) is 7.11 Å². The summed E-state index contributed by atoms with van der Waals surface area (Å²) in [5.74, 6) is -0.865. The quantitative estimate of drug-likeness (QED) is 0.539. The van der Waals surface area contributed by atoms with Crippen molar-refractivity contribution in [3.63, 3.8) is 0 Å². The van der Waals surface area contributed by atoms with Crippen molar-refractivity contribution in [1.29, 1.82) is 0 Å². The highest BCUT2D eigenvalue weighted by molar-refractivity contribution is 5.69. The van der Waals surface area contributed by atoms with E-state index in [1.807, 2.05) is 6.92 Å². The second kappa shape index (κ2) is 5.20. The maximum absolute atomic E-state index is 10.0. The summed E-state index contributed by atoms with van der Waals surface area (Å²) in [6.45, 7) is 1.87. The molecule has 0 aliphatic carbocycles. The van der Waals surface area contributed by atoms with Crippen LogP contribution >= 0.6 is 0 Å². The number of hydrogen-bond acceptors (Lipinski definition) is 3. The molecule has 0 saturated heterocycles. The third kappa shape index (κ3) is 4.29. The summed E-state index contributed by atoms with van der Waals surface area (Å²) in [5, 5.41) is 10.9. The largest absolute Gasteiger partial charge is 0.480 e. The number of methoxy groups -OCH3 is 1. The van der Waals surface area contributed by atoms with E-state index in [-0.39, 0.29) is 12.8 Å². The lowest BCUT2D eigenvalue weighted by molar-refractivity contribution is -0.136. The highest BCUT2D eigenvalue weighted by Crippen LogP contribution is 1.88. The summed E-state index contributed by atoms with van der Waals surface area (Å²) in [7, 11) is 1.54. The van der Waals surface area contributed by atoms with Gasteiger partial charge in [0.15, 0.2) is 0 Å². The fourth-order valence-electron chi connectivity index (χ4n) is 0.595. The summed E-state index contributed by atoms with van der Waals surface area (Å²) in [6, 6.07) is 0. The molecule has 0 aromatic rings. The van der Waals surface area contributed by atoms with Gasteiger partial charge in [-0.25, -0.2) is 0 Å². The molecular formula is C6H13NO3. The van der Waals surface area contributed by atoms with Crippen LogP contribution in [0.4, 0.5) is 0 Å². The van der Waals surface area contributed by atoms with Gasteiger partial charge in [0.2, 0.25) is 0 Å². The lowest BCUT2D eigenvalue weighted by Crippen LogP contribution is -2.34. The second-order valence-electron chi connectivity index (χ2n) is 1.91. The van der Waals surface area contributed by atoms with Gasteiger partial charge in [-0.1, -0.05) is 6.92 Å². The Kier molecular flexibility index (Phi) is 4.88. The summed E-state index contributed by atoms with van der Waals surface area (Å²) < 4.78 is 4.88. The molecule has 0 heterocycles. The normalized spacial score (nSPS) is 13.0. The van der Waals surface area contributed by atoms with E-state index in [0.29, 0.717) is 0 Å². The highest BCUT2D eigenvalue weighted by atomic mass is 16.5. The van der Waals surface area contributed by atoms with Crippen LogP contribution in [0.3, 0.4) is 0 Å². The predicted octanol–water partition coefficient (Wildman–Crippen LogP) is 0.0431. The molecule has 1 unspecified atom stereocenters. The zero-order chi connectivity index (χ0) is 7.98. The number of rotatable bonds is 5. The molecule has 0 saturated carbocycles. The average Bonchev–Trinajstić information content (AvgIpc) is 1.90. The van der Waals surface area contributed by atoms with Gasteiger partial charge in [0, 0.05) is 7.11 Å². The van der Waals surface area contributed by atoms with Gasteiger partial charge >= 0.3 is 5.97 Å². The first kappa shape index (κ1) is 9.39. The Morgan fingerprint density at radius 1 is 1.80 bits per heavy atom. The van der Waals surface area contributed by atoms with Gasteiger partial charge in [0.1, 0.15) is 6.23 Å². The summed E-state index contributed by atoms with van der Waals surface area (Å²) in [5.41, 5.74) is 0. The second-order valence-corrected chi connectivity index (χ2v) is 1.91. The van der Waals surface area contributed by atoms with Crippen molar-refractivity contribution in [3.05, 3.63) is 0 Å². The Morgan fingerprint density at radius 3 is 2.70 bits per heavy atom. The van der Waals surface area contributed by atoms with Gasteiger partial charge in [-0.3, -0.25) is 10.1 Å². The van der Waals surface area contributed by atoms with Crippen molar-refractivity contribution < 1.29 is 14.6 Å². The van der Waals surface area contributed by atoms with Gasteiger partial charge < -0.3 is 9.84 Å². The van der Waals surface area contributed by atoms with Crippen LogP contribution in [0, 0.1) is 0 Å². The summed E-state index contributed by atoms with van der Waals surface area (Å²) in [4.78, 5) is 10.0. The number of carbonyl (C=O) groups is 1. The van der Waals surface area contributed by atoms with Crippen molar-refractivity contribution in [2.75, 3.05) is 13.7 Å². The molecule has 2 N–H and O–H groups in total. The lowest BCUT2D eigenvalue weighted by atomic mass is 10.4. The molecule has 0 radical (unpaired) electrons. The number of nitrogens with one attached hydrogen (secondary N) is 1. The van der Waals surface area contributed by atoms with Crippen molar-refractivity contribution in [2.45, 2.75) is 19.6 Å². The Morgan fingerprint density at radius 2 is 2.40 bits per heavy atom. The van der Waals surface area contributed by atoms with Gasteiger partial charge in [-0.05, 0) is 6.42 Å². The molecule has 60 valence electrons. The van der Waals surface area contributed by atoms with Crippen LogP contribution in [0.15, 0.2) is 0 Å². The minimum Gasteiger partial charge on any atom is -0.480 e. The van der Waals surface area contributed by atoms with Gasteiger partial charge in [-0.2, -0.15) is 0 Å². The monoisotopic (exact) mass is 147 g/mol. The topological polar surface area (TPSA) is 58.6 Å². The molecule has 4 nitrogen and oxygen atoms in total. The van der Waals surface area contributed by atoms with Crippen molar-refractivity contribution in [3.8, 4) is 0 Å². The van der Waals surface area contributed by atoms with E-state index in [2.05, 4.69) is 5.32 Å². The van der Waals surface area contributed by atoms with E-state index < -0.39 is 5.97 Å². The number of carboxylic acid groups (broad SMARTS) is 1. The molecule has 1 atom stereocenters. The number of carboxylic acids is 1. The molecule has 4 heteroatoms. The minimum absolute atomic E-state index is 0.0493. The van der Waals surface area contributed by atoms with Gasteiger partial charge in [0.05, 0.1) is 6.54 Å². The minimum atomic E-state index is -0.865. The first-order chi connectivity index (χ1) is 4.70. The van der Waals surface area contributed by atoms with E-state index >= 15 is 0 Å². The standard InChI is InChI=1S/C6H13NO3/c1-3-5(10-2)7-4-6(8)9/h5,7H,3-4H2,1-2H3,(H,8,9). The van der Waals surface area contributed by atoms with Gasteiger partial charge in [-0.15, -0.1) is 0 Å². The van der Waals surface area contributed by atoms with Crippen LogP contribution < -0.4 is 5.32 Å². The predicted molar refractivity (Wildman–Crippen MR) is 36.7 cm³/mol. The average molecular weight is 147 g/mol. The van der Waals surface area contributed by atoms with Crippen LogP contribution in [0.2, 0.25) is 0 Å². The highest BCUT2D eigenvalue weighted by Gasteiger charge is 2.03. The van der Waals surface area contributed by atoms with Crippen LogP contribution in [0.5, 0.6) is 0 Å². The van der Waals surface area contributed by atoms with E-state index in [0.717, 1.165) is 6.42 Å². The summed E-state index contributed by atoms with van der Waals surface area (Å²) >= 11 is 0. The maximum atomic E-state index is 10.0. The third-order valence-corrected chi connectivity index (χ3v) is 1.14. The molecule has 0 aromatic carbocycles. The van der Waals surface area contributed by atoms with Crippen molar-refractivity contribution in [1.82, 2.24) is 5.32 Å². The van der Waals surface area contributed by atoms with Crippen molar-refractivity contribution in [2.24, 2.45) is 0 Å². The maximum Gasteiger partial charge on any atom is 0.317 e. The molecule has 0 amide bonds. The number of hydrogen-bond donors (Lipinski definition) is 2. The van der Waals surface area contributed by atoms with E-state index in [1.165, 1.54) is 0 Å². The van der Waals surface area contributed by atoms with Crippen LogP contribution in [-0.2, 0) is 9.53 Å². The van der Waals surface area contributed by atoms with Crippen LogP contribution in [-0.4, -0.2) is 31.0 Å². The molecule has 0 spiro atoms. The molecule has 0 aliphatic heterocycles. The molecular weight excluding hydrogens is 134 g/mol. The molecule has 0 rings (SSSR count). The zero-order valence-corrected chi connectivity index (χ0v) is 6.26. The summed E-state index contributed by atoms with van der Waals surface area (Å²) in [6.07, 6.45) is 0.625. The fraction of sp³-hybridized carbons (Fsp3) is 0.833. The first-order valence-electron chi connectivity index (χ1n) is 3.18. The Balaban J connectivity index is 3.34. The Bertz CT molecular complexity index is 101. The first-order valence-corrected chi connectivity index (χ1v) is 3.18. The fourth-order valence-corrected chi connectivity index (χ4v) is 0.595. The van der Waals surface area contributed by atoms with Crippen LogP contribution in [0.1, 0.15) is 13.3 Å². The molecule has 10 heavy (non-hydrogen) atoms. The lowest BCUT2D eigenvalue weighted by Gasteiger charge is -2.12. The number of ether oxygens (including phenoxy) is 1. The third-order valence-electron chi connectivity index (χ3n) is 1.14. The Labute approximate surface area is 60.2 Å².